The van der Waals surface area contributed by atoms with Crippen LogP contribution in [0.1, 0.15) is 13.8 Å². The molecule has 1 aromatic rings. The van der Waals surface area contributed by atoms with Crippen LogP contribution in [-0.4, -0.2) is 57.8 Å². The molecule has 0 bridgehead atoms. The van der Waals surface area contributed by atoms with Crippen molar-refractivity contribution in [2.24, 2.45) is 5.92 Å². The van der Waals surface area contributed by atoms with Gasteiger partial charge in [0.05, 0.1) is 11.4 Å². The van der Waals surface area contributed by atoms with Crippen molar-refractivity contribution in [1.29, 1.82) is 0 Å². The third-order valence-electron chi connectivity index (χ3n) is 3.83. The van der Waals surface area contributed by atoms with Crippen LogP contribution in [-0.2, 0) is 0 Å². The fourth-order valence-electron chi connectivity index (χ4n) is 2.57. The predicted octanol–water partition coefficient (Wildman–Crippen LogP) is 2.24. The molecule has 0 aliphatic carbocycles. The normalized spacial score (nSPS) is 14.5. The number of hydrogen-bond acceptors (Lipinski definition) is 3. The van der Waals surface area contributed by atoms with Crippen molar-refractivity contribution in [2.45, 2.75) is 13.8 Å². The van der Waals surface area contributed by atoms with Gasteiger partial charge in [-0.1, -0.05) is 26.0 Å². The van der Waals surface area contributed by atoms with E-state index in [9.17, 15) is 4.79 Å². The number of amides is 2. The number of nitrogens with zero attached hydrogens (tertiary/aromatic N) is 3. The standard InChI is InChI=1S/C17H28N4O/c1-14(2)13-18-17(22)21-12-11-20(10-9-19(3)4)15-7-5-6-8-16(15)21/h5-8,14H,9-13H2,1-4H3,(H,18,22). The van der Waals surface area contributed by atoms with Crippen molar-refractivity contribution in [3.05, 3.63) is 24.3 Å². The molecule has 0 spiro atoms. The maximum Gasteiger partial charge on any atom is 0.322 e. The minimum Gasteiger partial charge on any atom is -0.367 e. The smallest absolute Gasteiger partial charge is 0.322 e. The molecule has 5 nitrogen and oxygen atoms in total. The molecule has 1 aliphatic heterocycles. The molecule has 5 heteroatoms. The molecule has 0 aromatic heterocycles. The molecule has 0 unspecified atom stereocenters. The van der Waals surface area contributed by atoms with Crippen molar-refractivity contribution in [1.82, 2.24) is 10.2 Å². The van der Waals surface area contributed by atoms with E-state index in [0.29, 0.717) is 12.5 Å². The SMILES string of the molecule is CC(C)CNC(=O)N1CCN(CCN(C)C)c2ccccc21. The lowest BCUT2D eigenvalue weighted by Crippen LogP contribution is -2.49. The summed E-state index contributed by atoms with van der Waals surface area (Å²) in [5.41, 5.74) is 2.16. The van der Waals surface area contributed by atoms with Gasteiger partial charge in [0, 0.05) is 32.7 Å². The van der Waals surface area contributed by atoms with Gasteiger partial charge in [-0.15, -0.1) is 0 Å². The summed E-state index contributed by atoms with van der Waals surface area (Å²) in [6.07, 6.45) is 0. The molecule has 1 heterocycles. The highest BCUT2D eigenvalue weighted by molar-refractivity contribution is 5.96. The highest BCUT2D eigenvalue weighted by Gasteiger charge is 2.26. The summed E-state index contributed by atoms with van der Waals surface area (Å²) in [4.78, 5) is 18.8. The maximum absolute atomic E-state index is 12.4. The second-order valence-corrected chi connectivity index (χ2v) is 6.51. The molecule has 122 valence electrons. The van der Waals surface area contributed by atoms with E-state index in [-0.39, 0.29) is 6.03 Å². The molecule has 0 fully saturated rings. The molecule has 0 saturated carbocycles. The summed E-state index contributed by atoms with van der Waals surface area (Å²) in [7, 11) is 4.17. The number of likely N-dealkylation sites (N-methyl/N-ethyl adjacent to an activating group) is 1. The molecular weight excluding hydrogens is 276 g/mol. The second-order valence-electron chi connectivity index (χ2n) is 6.51. The summed E-state index contributed by atoms with van der Waals surface area (Å²) >= 11 is 0. The number of urea groups is 1. The number of carbonyl (C=O) groups is 1. The van der Waals surface area contributed by atoms with Crippen molar-refractivity contribution in [2.75, 3.05) is 56.6 Å². The zero-order valence-corrected chi connectivity index (χ0v) is 14.2. The van der Waals surface area contributed by atoms with Gasteiger partial charge in [0.15, 0.2) is 0 Å². The summed E-state index contributed by atoms with van der Waals surface area (Å²) < 4.78 is 0. The first-order chi connectivity index (χ1) is 10.5. The lowest BCUT2D eigenvalue weighted by atomic mass is 10.1. The van der Waals surface area contributed by atoms with E-state index in [1.54, 1.807) is 0 Å². The van der Waals surface area contributed by atoms with E-state index in [2.05, 4.69) is 49.1 Å². The van der Waals surface area contributed by atoms with Gasteiger partial charge in [-0.05, 0) is 32.1 Å². The number of benzene rings is 1. The van der Waals surface area contributed by atoms with Gasteiger partial charge < -0.3 is 15.1 Å². The Balaban J connectivity index is 2.12. The quantitative estimate of drug-likeness (QED) is 0.907. The van der Waals surface area contributed by atoms with Gasteiger partial charge in [-0.25, -0.2) is 4.79 Å². The predicted molar refractivity (Wildman–Crippen MR) is 92.8 cm³/mol. The monoisotopic (exact) mass is 304 g/mol. The number of rotatable bonds is 5. The van der Waals surface area contributed by atoms with E-state index in [1.807, 2.05) is 23.1 Å². The van der Waals surface area contributed by atoms with Gasteiger partial charge in [-0.2, -0.15) is 0 Å². The van der Waals surface area contributed by atoms with Crippen LogP contribution in [0.25, 0.3) is 0 Å². The first-order valence-corrected chi connectivity index (χ1v) is 8.03. The van der Waals surface area contributed by atoms with E-state index < -0.39 is 0 Å². The molecule has 2 rings (SSSR count). The average Bonchev–Trinajstić information content (AvgIpc) is 2.50. The number of fused-ring (bicyclic) bond motifs is 1. The van der Waals surface area contributed by atoms with E-state index in [4.69, 9.17) is 0 Å². The largest absolute Gasteiger partial charge is 0.367 e. The third kappa shape index (κ3) is 4.13. The molecule has 0 atom stereocenters. The van der Waals surface area contributed by atoms with Gasteiger partial charge in [-0.3, -0.25) is 4.90 Å². The molecule has 1 aliphatic rings. The van der Waals surface area contributed by atoms with E-state index >= 15 is 0 Å². The summed E-state index contributed by atoms with van der Waals surface area (Å²) in [6, 6.07) is 8.18. The van der Waals surface area contributed by atoms with Crippen LogP contribution >= 0.6 is 0 Å². The Morgan fingerprint density at radius 3 is 2.55 bits per heavy atom. The maximum atomic E-state index is 12.4. The van der Waals surface area contributed by atoms with Gasteiger partial charge in [0.25, 0.3) is 0 Å². The number of anilines is 2. The minimum absolute atomic E-state index is 0.00779. The highest BCUT2D eigenvalue weighted by Crippen LogP contribution is 2.32. The van der Waals surface area contributed by atoms with Crippen LogP contribution in [0.2, 0.25) is 0 Å². The molecule has 1 N–H and O–H groups in total. The Morgan fingerprint density at radius 1 is 1.23 bits per heavy atom. The molecule has 22 heavy (non-hydrogen) atoms. The molecule has 0 radical (unpaired) electrons. The number of nitrogens with one attached hydrogen (secondary N) is 1. The third-order valence-corrected chi connectivity index (χ3v) is 3.83. The van der Waals surface area contributed by atoms with Crippen LogP contribution in [0.4, 0.5) is 16.2 Å². The lowest BCUT2D eigenvalue weighted by Gasteiger charge is -2.38. The Morgan fingerprint density at radius 2 is 1.91 bits per heavy atom. The second kappa shape index (κ2) is 7.49. The topological polar surface area (TPSA) is 38.8 Å². The van der Waals surface area contributed by atoms with Crippen LogP contribution in [0, 0.1) is 5.92 Å². The van der Waals surface area contributed by atoms with Crippen molar-refractivity contribution < 1.29 is 4.79 Å². The zero-order chi connectivity index (χ0) is 16.1. The first-order valence-electron chi connectivity index (χ1n) is 8.03. The van der Waals surface area contributed by atoms with E-state index in [0.717, 1.165) is 37.6 Å². The first kappa shape index (κ1) is 16.6. The van der Waals surface area contributed by atoms with Crippen LogP contribution in [0.15, 0.2) is 24.3 Å². The van der Waals surface area contributed by atoms with Gasteiger partial charge in [0.1, 0.15) is 0 Å². The Kier molecular flexibility index (Phi) is 5.66. The lowest BCUT2D eigenvalue weighted by molar-refractivity contribution is 0.245. The Bertz CT molecular complexity index is 501. The van der Waals surface area contributed by atoms with Crippen LogP contribution in [0.5, 0.6) is 0 Å². The summed E-state index contributed by atoms with van der Waals surface area (Å²) in [5.74, 6) is 0.459. The number of carbonyl (C=O) groups excluding carboxylic acids is 1. The van der Waals surface area contributed by atoms with E-state index in [1.165, 1.54) is 0 Å². The molecule has 1 aromatic carbocycles. The highest BCUT2D eigenvalue weighted by atomic mass is 16.2. The summed E-state index contributed by atoms with van der Waals surface area (Å²) in [6.45, 7) is 8.51. The van der Waals surface area contributed by atoms with Crippen LogP contribution < -0.4 is 15.1 Å². The number of para-hydroxylation sites is 2. The Hall–Kier alpha value is -1.75. The van der Waals surface area contributed by atoms with Crippen molar-refractivity contribution >= 4 is 17.4 Å². The molecular formula is C17H28N4O. The van der Waals surface area contributed by atoms with Crippen LogP contribution in [0.3, 0.4) is 0 Å². The molecule has 2 amide bonds. The zero-order valence-electron chi connectivity index (χ0n) is 14.2. The minimum atomic E-state index is 0.00779. The summed E-state index contributed by atoms with van der Waals surface area (Å²) in [5, 5.41) is 3.02. The average molecular weight is 304 g/mol. The molecule has 0 saturated heterocycles. The van der Waals surface area contributed by atoms with Crippen molar-refractivity contribution in [3.8, 4) is 0 Å². The van der Waals surface area contributed by atoms with Crippen molar-refractivity contribution in [3.63, 3.8) is 0 Å². The van der Waals surface area contributed by atoms with Gasteiger partial charge >= 0.3 is 6.03 Å². The van der Waals surface area contributed by atoms with Gasteiger partial charge in [0.2, 0.25) is 0 Å². The Labute approximate surface area is 133 Å². The fourth-order valence-corrected chi connectivity index (χ4v) is 2.57. The number of hydrogen-bond donors (Lipinski definition) is 1. The fraction of sp³-hybridized carbons (Fsp3) is 0.588.